The van der Waals surface area contributed by atoms with Gasteiger partial charge in [0.1, 0.15) is 5.75 Å². The average Bonchev–Trinajstić information content (AvgIpc) is 2.71. The van der Waals surface area contributed by atoms with Gasteiger partial charge in [-0.3, -0.25) is 4.79 Å². The van der Waals surface area contributed by atoms with Crippen molar-refractivity contribution < 1.29 is 9.53 Å². The van der Waals surface area contributed by atoms with Crippen LogP contribution in [0.15, 0.2) is 22.7 Å². The molecule has 17 heavy (non-hydrogen) atoms. The number of hydrogen-bond acceptors (Lipinski definition) is 3. The zero-order chi connectivity index (χ0) is 12.4. The molecule has 1 unspecified atom stereocenters. The van der Waals surface area contributed by atoms with Crippen molar-refractivity contribution in [1.82, 2.24) is 0 Å². The number of carbonyl (C=O) groups is 1. The van der Waals surface area contributed by atoms with Gasteiger partial charge < -0.3 is 9.64 Å². The zero-order valence-corrected chi connectivity index (χ0v) is 12.0. The van der Waals surface area contributed by atoms with Gasteiger partial charge in [-0.15, -0.1) is 0 Å². The van der Waals surface area contributed by atoms with Crippen LogP contribution >= 0.6 is 28.6 Å². The molecular weight excluding hydrogens is 302 g/mol. The molecule has 1 aliphatic rings. The number of thiol groups is 1. The molecule has 1 aromatic carbocycles. The maximum atomic E-state index is 11.9. The highest BCUT2D eigenvalue weighted by Gasteiger charge is 2.31. The summed E-state index contributed by atoms with van der Waals surface area (Å²) < 4.78 is 6.06. The lowest BCUT2D eigenvalue weighted by Gasteiger charge is -2.19. The second-order valence-electron chi connectivity index (χ2n) is 4.05. The predicted molar refractivity (Wildman–Crippen MR) is 75.0 cm³/mol. The second-order valence-corrected chi connectivity index (χ2v) is 5.21. The number of ether oxygens (including phenoxy) is 1. The molecule has 1 aliphatic heterocycles. The third-order valence-electron chi connectivity index (χ3n) is 2.92. The number of amides is 1. The summed E-state index contributed by atoms with van der Waals surface area (Å²) in [5.74, 6) is 1.97. The third kappa shape index (κ3) is 2.45. The van der Waals surface area contributed by atoms with Crippen LogP contribution in [0.25, 0.3) is 0 Å². The molecule has 1 aromatic rings. The van der Waals surface area contributed by atoms with Crippen LogP contribution in [-0.2, 0) is 4.79 Å². The summed E-state index contributed by atoms with van der Waals surface area (Å²) in [6.07, 6.45) is 0.577. The fourth-order valence-corrected chi connectivity index (χ4v) is 2.89. The van der Waals surface area contributed by atoms with E-state index in [0.29, 0.717) is 12.3 Å². The van der Waals surface area contributed by atoms with Crippen LogP contribution in [-0.4, -0.2) is 25.3 Å². The van der Waals surface area contributed by atoms with E-state index < -0.39 is 0 Å². The Morgan fingerprint density at radius 1 is 1.59 bits per heavy atom. The highest BCUT2D eigenvalue weighted by atomic mass is 79.9. The van der Waals surface area contributed by atoms with E-state index in [1.54, 1.807) is 12.0 Å². The molecule has 0 bridgehead atoms. The molecule has 1 fully saturated rings. The second kappa shape index (κ2) is 5.31. The molecule has 0 N–H and O–H groups in total. The number of anilines is 1. The van der Waals surface area contributed by atoms with Crippen molar-refractivity contribution in [3.05, 3.63) is 22.7 Å². The minimum absolute atomic E-state index is 0.151. The SMILES string of the molecule is COc1cccc(N2CC(CS)CC2=O)c1Br. The smallest absolute Gasteiger partial charge is 0.227 e. The van der Waals surface area contributed by atoms with Gasteiger partial charge in [-0.2, -0.15) is 12.6 Å². The molecule has 1 amide bonds. The van der Waals surface area contributed by atoms with E-state index in [2.05, 4.69) is 28.6 Å². The van der Waals surface area contributed by atoms with Crippen molar-refractivity contribution in [2.75, 3.05) is 24.3 Å². The number of rotatable bonds is 3. The minimum Gasteiger partial charge on any atom is -0.495 e. The minimum atomic E-state index is 0.151. The summed E-state index contributed by atoms with van der Waals surface area (Å²) in [6.45, 7) is 0.730. The van der Waals surface area contributed by atoms with Crippen LogP contribution in [0.5, 0.6) is 5.75 Å². The third-order valence-corrected chi connectivity index (χ3v) is 4.23. The summed E-state index contributed by atoms with van der Waals surface area (Å²) in [6, 6.07) is 5.68. The molecule has 92 valence electrons. The van der Waals surface area contributed by atoms with E-state index >= 15 is 0 Å². The van der Waals surface area contributed by atoms with Gasteiger partial charge >= 0.3 is 0 Å². The van der Waals surface area contributed by atoms with Crippen LogP contribution in [0.1, 0.15) is 6.42 Å². The average molecular weight is 316 g/mol. The topological polar surface area (TPSA) is 29.5 Å². The number of carbonyl (C=O) groups excluding carboxylic acids is 1. The molecule has 0 radical (unpaired) electrons. The number of hydrogen-bond donors (Lipinski definition) is 1. The fraction of sp³-hybridized carbons (Fsp3) is 0.417. The molecule has 1 atom stereocenters. The first-order chi connectivity index (χ1) is 8.17. The lowest BCUT2D eigenvalue weighted by Crippen LogP contribution is -2.25. The van der Waals surface area contributed by atoms with Gasteiger partial charge in [0.25, 0.3) is 0 Å². The number of nitrogens with zero attached hydrogens (tertiary/aromatic N) is 1. The van der Waals surface area contributed by atoms with Gasteiger partial charge in [0.05, 0.1) is 17.3 Å². The molecule has 1 heterocycles. The normalized spacial score (nSPS) is 19.8. The molecule has 0 aromatic heterocycles. The van der Waals surface area contributed by atoms with Gasteiger partial charge in [-0.05, 0) is 39.7 Å². The Bertz CT molecular complexity index is 439. The van der Waals surface area contributed by atoms with Gasteiger partial charge in [0, 0.05) is 13.0 Å². The van der Waals surface area contributed by atoms with Crippen molar-refractivity contribution >= 4 is 40.2 Å². The Labute approximate surface area is 115 Å². The van der Waals surface area contributed by atoms with Crippen molar-refractivity contribution in [2.24, 2.45) is 5.92 Å². The van der Waals surface area contributed by atoms with Gasteiger partial charge in [0.15, 0.2) is 0 Å². The maximum Gasteiger partial charge on any atom is 0.227 e. The van der Waals surface area contributed by atoms with Crippen LogP contribution in [0.2, 0.25) is 0 Å². The summed E-state index contributed by atoms with van der Waals surface area (Å²) in [5.41, 5.74) is 0.874. The monoisotopic (exact) mass is 315 g/mol. The molecule has 2 rings (SSSR count). The molecule has 0 aliphatic carbocycles. The van der Waals surface area contributed by atoms with Crippen molar-refractivity contribution in [2.45, 2.75) is 6.42 Å². The number of benzene rings is 1. The first-order valence-corrected chi connectivity index (χ1v) is 6.83. The molecule has 0 spiro atoms. The Balaban J connectivity index is 2.32. The van der Waals surface area contributed by atoms with Gasteiger partial charge in [-0.1, -0.05) is 6.07 Å². The summed E-state index contributed by atoms with van der Waals surface area (Å²) in [7, 11) is 1.62. The Morgan fingerprint density at radius 3 is 2.94 bits per heavy atom. The predicted octanol–water partition coefficient (Wildman–Crippen LogP) is 2.74. The van der Waals surface area contributed by atoms with E-state index in [4.69, 9.17) is 4.74 Å². The summed E-state index contributed by atoms with van der Waals surface area (Å²) >= 11 is 7.74. The van der Waals surface area contributed by atoms with E-state index in [9.17, 15) is 4.79 Å². The summed E-state index contributed by atoms with van der Waals surface area (Å²) in [4.78, 5) is 13.7. The van der Waals surface area contributed by atoms with Gasteiger partial charge in [-0.25, -0.2) is 0 Å². The van der Waals surface area contributed by atoms with Crippen LogP contribution in [0, 0.1) is 5.92 Å². The van der Waals surface area contributed by atoms with E-state index in [1.165, 1.54) is 0 Å². The first-order valence-electron chi connectivity index (χ1n) is 5.41. The lowest BCUT2D eigenvalue weighted by molar-refractivity contribution is -0.117. The van der Waals surface area contributed by atoms with Crippen LogP contribution in [0.3, 0.4) is 0 Å². The fourth-order valence-electron chi connectivity index (χ4n) is 2.00. The maximum absolute atomic E-state index is 11.9. The molecular formula is C12H14BrNO2S. The molecule has 5 heteroatoms. The lowest BCUT2D eigenvalue weighted by atomic mass is 10.1. The van der Waals surface area contributed by atoms with E-state index in [0.717, 1.165) is 28.2 Å². The molecule has 1 saturated heterocycles. The largest absolute Gasteiger partial charge is 0.495 e. The highest BCUT2D eigenvalue weighted by Crippen LogP contribution is 2.37. The van der Waals surface area contributed by atoms with Crippen molar-refractivity contribution in [3.8, 4) is 5.75 Å². The summed E-state index contributed by atoms with van der Waals surface area (Å²) in [5, 5.41) is 0. The van der Waals surface area contributed by atoms with Gasteiger partial charge in [0.2, 0.25) is 5.91 Å². The van der Waals surface area contributed by atoms with Crippen LogP contribution < -0.4 is 9.64 Å². The zero-order valence-electron chi connectivity index (χ0n) is 9.52. The van der Waals surface area contributed by atoms with Crippen molar-refractivity contribution in [1.29, 1.82) is 0 Å². The standard InChI is InChI=1S/C12H14BrNO2S/c1-16-10-4-2-3-9(12(10)13)14-6-8(7-17)5-11(14)15/h2-4,8,17H,5-7H2,1H3. The van der Waals surface area contributed by atoms with E-state index in [-0.39, 0.29) is 5.91 Å². The van der Waals surface area contributed by atoms with Crippen LogP contribution in [0.4, 0.5) is 5.69 Å². The Kier molecular flexibility index (Phi) is 3.99. The van der Waals surface area contributed by atoms with Crippen molar-refractivity contribution in [3.63, 3.8) is 0 Å². The number of halogens is 1. The highest BCUT2D eigenvalue weighted by molar-refractivity contribution is 9.10. The first kappa shape index (κ1) is 12.8. The Hall–Kier alpha value is -0.680. The quantitative estimate of drug-likeness (QED) is 0.869. The Morgan fingerprint density at radius 2 is 2.35 bits per heavy atom. The van der Waals surface area contributed by atoms with E-state index in [1.807, 2.05) is 18.2 Å². The number of methoxy groups -OCH3 is 1. The molecule has 0 saturated carbocycles. The molecule has 3 nitrogen and oxygen atoms in total.